The molecule has 2 aromatic heterocycles. The molecule has 0 saturated carbocycles. The maximum atomic E-state index is 12.8. The summed E-state index contributed by atoms with van der Waals surface area (Å²) in [4.78, 5) is 27.7. The van der Waals surface area contributed by atoms with Gasteiger partial charge in [-0.1, -0.05) is 30.3 Å². The quantitative estimate of drug-likeness (QED) is 0.313. The topological polar surface area (TPSA) is 113 Å². The second kappa shape index (κ2) is 11.7. The lowest BCUT2D eigenvalue weighted by atomic mass is 10.0. The summed E-state index contributed by atoms with van der Waals surface area (Å²) in [5.74, 6) is 1.56. The van der Waals surface area contributed by atoms with E-state index in [-0.39, 0.29) is 5.88 Å². The van der Waals surface area contributed by atoms with E-state index in [4.69, 9.17) is 10.5 Å². The lowest BCUT2D eigenvalue weighted by Crippen LogP contribution is -2.47. The van der Waals surface area contributed by atoms with Gasteiger partial charge in [0.2, 0.25) is 5.88 Å². The molecule has 4 aromatic rings. The van der Waals surface area contributed by atoms with Crippen LogP contribution >= 0.6 is 0 Å². The van der Waals surface area contributed by atoms with Gasteiger partial charge in [0.05, 0.1) is 17.7 Å². The SMILES string of the molecule is Cc1c(N(CCCCN2CCN(c3cccc4c3OCCC4)CC2)C(N)=O)n(-c2ccccc2)c2ncnc(O)c12. The molecule has 2 aliphatic rings. The normalized spacial score (nSPS) is 15.5. The van der Waals surface area contributed by atoms with Crippen LogP contribution in [0.5, 0.6) is 11.6 Å². The fourth-order valence-electron chi connectivity index (χ4n) is 6.16. The van der Waals surface area contributed by atoms with E-state index in [1.165, 1.54) is 17.6 Å². The first-order chi connectivity index (χ1) is 20.0. The van der Waals surface area contributed by atoms with Crippen LogP contribution in [0.3, 0.4) is 0 Å². The smallest absolute Gasteiger partial charge is 0.320 e. The number of unbranched alkanes of at least 4 members (excludes halogenated alkanes) is 1. The van der Waals surface area contributed by atoms with E-state index in [2.05, 4.69) is 38.0 Å². The van der Waals surface area contributed by atoms with Gasteiger partial charge in [-0.2, -0.15) is 0 Å². The first-order valence-corrected chi connectivity index (χ1v) is 14.4. The van der Waals surface area contributed by atoms with E-state index in [9.17, 15) is 9.90 Å². The lowest BCUT2D eigenvalue weighted by Gasteiger charge is -2.37. The van der Waals surface area contributed by atoms with Crippen LogP contribution in [0.15, 0.2) is 54.9 Å². The molecule has 10 nitrogen and oxygen atoms in total. The molecule has 6 rings (SSSR count). The van der Waals surface area contributed by atoms with Gasteiger partial charge in [-0.05, 0) is 62.9 Å². The van der Waals surface area contributed by atoms with Gasteiger partial charge in [-0.15, -0.1) is 0 Å². The number of piperazine rings is 1. The summed E-state index contributed by atoms with van der Waals surface area (Å²) in [5.41, 5.74) is 10.5. The number of anilines is 2. The van der Waals surface area contributed by atoms with E-state index in [0.717, 1.165) is 76.5 Å². The molecule has 1 fully saturated rings. The Labute approximate surface area is 240 Å². The minimum absolute atomic E-state index is 0.116. The van der Waals surface area contributed by atoms with Crippen LogP contribution in [0.1, 0.15) is 30.4 Å². The summed E-state index contributed by atoms with van der Waals surface area (Å²) >= 11 is 0. The molecular formula is C31H37N7O3. The molecule has 4 heterocycles. The molecule has 0 atom stereocenters. The van der Waals surface area contributed by atoms with Crippen molar-refractivity contribution >= 4 is 28.6 Å². The fraction of sp³-hybridized carbons (Fsp3) is 0.387. The number of carbonyl (C=O) groups is 1. The highest BCUT2D eigenvalue weighted by Crippen LogP contribution is 2.38. The van der Waals surface area contributed by atoms with Gasteiger partial charge in [0.25, 0.3) is 0 Å². The van der Waals surface area contributed by atoms with E-state index in [1.54, 1.807) is 4.90 Å². The number of aromatic nitrogens is 3. The van der Waals surface area contributed by atoms with Crippen molar-refractivity contribution in [1.82, 2.24) is 19.4 Å². The highest BCUT2D eigenvalue weighted by Gasteiger charge is 2.27. The minimum Gasteiger partial charge on any atom is -0.493 e. The van der Waals surface area contributed by atoms with Gasteiger partial charge < -0.3 is 20.5 Å². The van der Waals surface area contributed by atoms with E-state index >= 15 is 0 Å². The van der Waals surface area contributed by atoms with Crippen LogP contribution in [0.4, 0.5) is 16.3 Å². The largest absolute Gasteiger partial charge is 0.493 e. The number of hydrogen-bond acceptors (Lipinski definition) is 7. The molecule has 0 radical (unpaired) electrons. The molecular weight excluding hydrogens is 518 g/mol. The third-order valence-corrected chi connectivity index (χ3v) is 8.21. The van der Waals surface area contributed by atoms with Crippen molar-refractivity contribution in [3.63, 3.8) is 0 Å². The number of aryl methyl sites for hydroxylation is 2. The van der Waals surface area contributed by atoms with Gasteiger partial charge in [-0.25, -0.2) is 14.8 Å². The molecule has 0 unspecified atom stereocenters. The number of benzene rings is 2. The van der Waals surface area contributed by atoms with Crippen LogP contribution in [0.2, 0.25) is 0 Å². The predicted octanol–water partition coefficient (Wildman–Crippen LogP) is 4.25. The van der Waals surface area contributed by atoms with Crippen LogP contribution in [0.25, 0.3) is 16.7 Å². The Balaban J connectivity index is 1.12. The molecule has 0 spiro atoms. The van der Waals surface area contributed by atoms with Crippen molar-refractivity contribution in [3.05, 3.63) is 66.0 Å². The van der Waals surface area contributed by atoms with Crippen LogP contribution in [0, 0.1) is 6.92 Å². The van der Waals surface area contributed by atoms with Gasteiger partial charge in [0, 0.05) is 44.0 Å². The zero-order chi connectivity index (χ0) is 28.3. The van der Waals surface area contributed by atoms with Gasteiger partial charge >= 0.3 is 6.03 Å². The number of fused-ring (bicyclic) bond motifs is 2. The molecule has 3 N–H and O–H groups in total. The van der Waals surface area contributed by atoms with Crippen molar-refractivity contribution in [2.75, 3.05) is 55.7 Å². The second-order valence-corrected chi connectivity index (χ2v) is 10.8. The molecule has 0 bridgehead atoms. The Morgan fingerprint density at radius 1 is 1.05 bits per heavy atom. The van der Waals surface area contributed by atoms with Gasteiger partial charge in [0.1, 0.15) is 17.9 Å². The summed E-state index contributed by atoms with van der Waals surface area (Å²) in [5, 5.41) is 11.1. The molecule has 10 heteroatoms. The predicted molar refractivity (Wildman–Crippen MR) is 160 cm³/mol. The number of primary amides is 1. The van der Waals surface area contributed by atoms with E-state index in [1.807, 2.05) is 41.8 Å². The monoisotopic (exact) mass is 555 g/mol. The summed E-state index contributed by atoms with van der Waals surface area (Å²) < 4.78 is 7.92. The van der Waals surface area contributed by atoms with Gasteiger partial charge in [-0.3, -0.25) is 14.4 Å². The summed E-state index contributed by atoms with van der Waals surface area (Å²) in [6.45, 7) is 7.99. The number of nitrogens with two attached hydrogens (primary N) is 1. The molecule has 2 amide bonds. The summed E-state index contributed by atoms with van der Waals surface area (Å²) in [7, 11) is 0. The number of para-hydroxylation sites is 2. The fourth-order valence-corrected chi connectivity index (χ4v) is 6.16. The first kappa shape index (κ1) is 26.9. The summed E-state index contributed by atoms with van der Waals surface area (Å²) in [6, 6.07) is 15.6. The zero-order valence-electron chi connectivity index (χ0n) is 23.5. The van der Waals surface area contributed by atoms with Crippen LogP contribution < -0.4 is 20.3 Å². The number of amides is 2. The average molecular weight is 556 g/mol. The Morgan fingerprint density at radius 3 is 2.63 bits per heavy atom. The molecule has 2 aromatic carbocycles. The van der Waals surface area contributed by atoms with Crippen LogP contribution in [-0.4, -0.2) is 76.4 Å². The van der Waals surface area contributed by atoms with E-state index < -0.39 is 6.03 Å². The highest BCUT2D eigenvalue weighted by atomic mass is 16.5. The van der Waals surface area contributed by atoms with Crippen molar-refractivity contribution in [2.24, 2.45) is 5.73 Å². The third kappa shape index (κ3) is 5.27. The average Bonchev–Trinajstić information content (AvgIpc) is 3.30. The number of rotatable bonds is 8. The van der Waals surface area contributed by atoms with Gasteiger partial charge in [0.15, 0.2) is 5.65 Å². The minimum atomic E-state index is -0.539. The second-order valence-electron chi connectivity index (χ2n) is 10.8. The van der Waals surface area contributed by atoms with Crippen molar-refractivity contribution < 1.29 is 14.6 Å². The molecule has 0 aliphatic carbocycles. The number of aromatic hydroxyl groups is 1. The standard InChI is InChI=1S/C31H37N7O3/c1-22-26-28(33-21-34-29(26)39)38(24-11-3-2-4-12-24)30(22)37(31(32)40)15-6-5-14-35-16-18-36(19-17-35)25-13-7-9-23-10-8-20-41-27(23)25/h2-4,7,9,11-13,21H,5-6,8,10,14-20H2,1H3,(H2,32,40)(H,33,34,39). The third-order valence-electron chi connectivity index (χ3n) is 8.21. The Kier molecular flexibility index (Phi) is 7.65. The van der Waals surface area contributed by atoms with Crippen molar-refractivity contribution in [3.8, 4) is 17.3 Å². The molecule has 1 saturated heterocycles. The zero-order valence-corrected chi connectivity index (χ0v) is 23.5. The summed E-state index contributed by atoms with van der Waals surface area (Å²) in [6.07, 6.45) is 5.22. The van der Waals surface area contributed by atoms with Crippen LogP contribution in [-0.2, 0) is 6.42 Å². The Morgan fingerprint density at radius 2 is 1.85 bits per heavy atom. The van der Waals surface area contributed by atoms with Crippen molar-refractivity contribution in [1.29, 1.82) is 0 Å². The number of ether oxygens (including phenoxy) is 1. The first-order valence-electron chi connectivity index (χ1n) is 14.4. The maximum absolute atomic E-state index is 12.8. The Bertz CT molecular complexity index is 1530. The number of urea groups is 1. The van der Waals surface area contributed by atoms with E-state index in [0.29, 0.717) is 29.0 Å². The number of nitrogens with zero attached hydrogens (tertiary/aromatic N) is 6. The highest BCUT2D eigenvalue weighted by molar-refractivity contribution is 5.99. The maximum Gasteiger partial charge on any atom is 0.320 e. The number of hydrogen-bond donors (Lipinski definition) is 2. The number of carbonyl (C=O) groups excluding carboxylic acids is 1. The molecule has 214 valence electrons. The molecule has 41 heavy (non-hydrogen) atoms. The van der Waals surface area contributed by atoms with Crippen molar-refractivity contribution in [2.45, 2.75) is 32.6 Å². The molecule has 2 aliphatic heterocycles. The lowest BCUT2D eigenvalue weighted by molar-refractivity contribution is 0.247. The Hall–Kier alpha value is -4.31.